The van der Waals surface area contributed by atoms with Crippen LogP contribution in [0.4, 0.5) is 0 Å². The molecular formula is C14H15N3O3. The molecule has 1 aliphatic carbocycles. The second-order valence-electron chi connectivity index (χ2n) is 5.74. The Balaban J connectivity index is 1.93. The third-order valence-corrected chi connectivity index (χ3v) is 4.02. The third kappa shape index (κ3) is 1.79. The van der Waals surface area contributed by atoms with E-state index in [-0.39, 0.29) is 11.3 Å². The third-order valence-electron chi connectivity index (χ3n) is 4.02. The molecule has 0 saturated heterocycles. The highest BCUT2D eigenvalue weighted by atomic mass is 16.5. The van der Waals surface area contributed by atoms with Gasteiger partial charge in [-0.15, -0.1) is 0 Å². The zero-order chi connectivity index (χ0) is 14.5. The average Bonchev–Trinajstić information content (AvgIpc) is 2.74. The molecular weight excluding hydrogens is 258 g/mol. The van der Waals surface area contributed by atoms with Crippen LogP contribution in [0, 0.1) is 18.3 Å². The van der Waals surface area contributed by atoms with Gasteiger partial charge >= 0.3 is 5.97 Å². The number of hydrogen-bond acceptors (Lipinski definition) is 5. The second kappa shape index (κ2) is 4.13. The molecule has 2 unspecified atom stereocenters. The first-order valence-corrected chi connectivity index (χ1v) is 6.41. The van der Waals surface area contributed by atoms with Crippen molar-refractivity contribution < 1.29 is 14.4 Å². The smallest absolute Gasteiger partial charge is 0.307 e. The van der Waals surface area contributed by atoms with Gasteiger partial charge < -0.3 is 9.63 Å². The van der Waals surface area contributed by atoms with Crippen LogP contribution < -0.4 is 0 Å². The van der Waals surface area contributed by atoms with E-state index < -0.39 is 11.9 Å². The zero-order valence-electron chi connectivity index (χ0n) is 11.5. The monoisotopic (exact) mass is 273 g/mol. The summed E-state index contributed by atoms with van der Waals surface area (Å²) in [7, 11) is 0. The second-order valence-corrected chi connectivity index (χ2v) is 5.74. The molecule has 0 aromatic carbocycles. The number of carboxylic acids is 1. The van der Waals surface area contributed by atoms with Crippen molar-refractivity contribution in [2.45, 2.75) is 26.7 Å². The summed E-state index contributed by atoms with van der Waals surface area (Å²) >= 11 is 0. The molecule has 1 saturated carbocycles. The molecule has 2 atom stereocenters. The minimum Gasteiger partial charge on any atom is -0.481 e. The van der Waals surface area contributed by atoms with E-state index in [4.69, 9.17) is 4.52 Å². The molecule has 2 heterocycles. The fraction of sp³-hybridized carbons (Fsp3) is 0.429. The number of carbonyl (C=O) groups is 1. The SMILES string of the molecule is Cc1cccnc1-c1noc(C2C(C(=O)O)C2(C)C)n1. The molecule has 1 aliphatic rings. The Kier molecular flexibility index (Phi) is 2.64. The summed E-state index contributed by atoms with van der Waals surface area (Å²) in [5.74, 6) is -0.743. The van der Waals surface area contributed by atoms with Crippen molar-refractivity contribution in [3.63, 3.8) is 0 Å². The number of carboxylic acid groups (broad SMARTS) is 1. The Morgan fingerprint density at radius 1 is 1.45 bits per heavy atom. The van der Waals surface area contributed by atoms with Crippen molar-refractivity contribution >= 4 is 5.97 Å². The van der Waals surface area contributed by atoms with Gasteiger partial charge in [-0.25, -0.2) is 0 Å². The highest BCUT2D eigenvalue weighted by molar-refractivity contribution is 5.77. The summed E-state index contributed by atoms with van der Waals surface area (Å²) in [4.78, 5) is 19.7. The van der Waals surface area contributed by atoms with E-state index in [0.717, 1.165) is 5.56 Å². The van der Waals surface area contributed by atoms with Gasteiger partial charge in [0.05, 0.1) is 11.8 Å². The van der Waals surface area contributed by atoms with E-state index in [9.17, 15) is 9.90 Å². The Hall–Kier alpha value is -2.24. The van der Waals surface area contributed by atoms with Gasteiger partial charge in [0.1, 0.15) is 5.69 Å². The number of pyridine rings is 1. The van der Waals surface area contributed by atoms with E-state index in [1.165, 1.54) is 0 Å². The lowest BCUT2D eigenvalue weighted by Crippen LogP contribution is -2.03. The van der Waals surface area contributed by atoms with Gasteiger partial charge in [0.25, 0.3) is 0 Å². The highest BCUT2D eigenvalue weighted by Crippen LogP contribution is 2.64. The van der Waals surface area contributed by atoms with E-state index in [0.29, 0.717) is 17.4 Å². The number of rotatable bonds is 3. The van der Waals surface area contributed by atoms with Gasteiger partial charge in [-0.05, 0) is 24.0 Å². The van der Waals surface area contributed by atoms with Gasteiger partial charge in [0, 0.05) is 6.20 Å². The van der Waals surface area contributed by atoms with Crippen LogP contribution in [-0.2, 0) is 4.79 Å². The summed E-state index contributed by atoms with van der Waals surface area (Å²) in [6.07, 6.45) is 1.67. The fourth-order valence-corrected chi connectivity index (χ4v) is 2.74. The predicted molar refractivity (Wildman–Crippen MR) is 69.9 cm³/mol. The summed E-state index contributed by atoms with van der Waals surface area (Å²) in [6.45, 7) is 5.71. The lowest BCUT2D eigenvalue weighted by Gasteiger charge is -1.97. The Morgan fingerprint density at radius 3 is 2.80 bits per heavy atom. The van der Waals surface area contributed by atoms with Crippen LogP contribution in [-0.4, -0.2) is 26.2 Å². The molecule has 2 aromatic heterocycles. The number of hydrogen-bond donors (Lipinski definition) is 1. The molecule has 0 amide bonds. The molecule has 3 rings (SSSR count). The van der Waals surface area contributed by atoms with Crippen LogP contribution >= 0.6 is 0 Å². The van der Waals surface area contributed by atoms with Crippen LogP contribution in [0.25, 0.3) is 11.5 Å². The summed E-state index contributed by atoms with van der Waals surface area (Å²) in [5.41, 5.74) is 1.26. The molecule has 20 heavy (non-hydrogen) atoms. The van der Waals surface area contributed by atoms with E-state index >= 15 is 0 Å². The summed E-state index contributed by atoms with van der Waals surface area (Å²) < 4.78 is 5.25. The number of aliphatic carboxylic acids is 1. The maximum absolute atomic E-state index is 11.2. The fourth-order valence-electron chi connectivity index (χ4n) is 2.74. The average molecular weight is 273 g/mol. The minimum absolute atomic E-state index is 0.231. The first-order valence-electron chi connectivity index (χ1n) is 6.41. The van der Waals surface area contributed by atoms with Crippen LogP contribution in [0.1, 0.15) is 31.2 Å². The van der Waals surface area contributed by atoms with Crippen molar-refractivity contribution in [1.82, 2.24) is 15.1 Å². The first kappa shape index (κ1) is 12.8. The van der Waals surface area contributed by atoms with Crippen molar-refractivity contribution in [2.24, 2.45) is 11.3 Å². The standard InChI is InChI=1S/C14H15N3O3/c1-7-5-4-6-15-10(7)11-16-12(20-17-11)8-9(13(18)19)14(8,2)3/h4-6,8-9H,1-3H3,(H,18,19). The minimum atomic E-state index is -0.825. The van der Waals surface area contributed by atoms with Gasteiger partial charge in [0.2, 0.25) is 11.7 Å². The molecule has 6 heteroatoms. The lowest BCUT2D eigenvalue weighted by atomic mass is 10.1. The van der Waals surface area contributed by atoms with Crippen LogP contribution in [0.3, 0.4) is 0 Å². The molecule has 0 radical (unpaired) electrons. The topological polar surface area (TPSA) is 89.1 Å². The Morgan fingerprint density at radius 2 is 2.20 bits per heavy atom. The summed E-state index contributed by atoms with van der Waals surface area (Å²) in [6, 6.07) is 3.75. The van der Waals surface area contributed by atoms with Gasteiger partial charge in [-0.2, -0.15) is 4.98 Å². The number of aromatic nitrogens is 3. The number of aryl methyl sites for hydroxylation is 1. The van der Waals surface area contributed by atoms with E-state index in [2.05, 4.69) is 15.1 Å². The maximum atomic E-state index is 11.2. The van der Waals surface area contributed by atoms with Crippen molar-refractivity contribution in [3.8, 4) is 11.5 Å². The molecule has 6 nitrogen and oxygen atoms in total. The predicted octanol–water partition coefficient (Wildman–Crippen LogP) is 2.26. The molecule has 0 bridgehead atoms. The van der Waals surface area contributed by atoms with Crippen molar-refractivity contribution in [3.05, 3.63) is 29.8 Å². The Bertz CT molecular complexity index is 678. The largest absolute Gasteiger partial charge is 0.481 e. The molecule has 104 valence electrons. The Labute approximate surface area is 115 Å². The van der Waals surface area contributed by atoms with Gasteiger partial charge in [-0.3, -0.25) is 9.78 Å². The van der Waals surface area contributed by atoms with Gasteiger partial charge in [0.15, 0.2) is 0 Å². The molecule has 1 N–H and O–H groups in total. The van der Waals surface area contributed by atoms with Crippen molar-refractivity contribution in [1.29, 1.82) is 0 Å². The maximum Gasteiger partial charge on any atom is 0.307 e. The van der Waals surface area contributed by atoms with Crippen LogP contribution in [0.5, 0.6) is 0 Å². The molecule has 0 spiro atoms. The molecule has 0 aliphatic heterocycles. The van der Waals surface area contributed by atoms with Crippen LogP contribution in [0.2, 0.25) is 0 Å². The zero-order valence-corrected chi connectivity index (χ0v) is 11.5. The number of nitrogens with zero attached hydrogens (tertiary/aromatic N) is 3. The van der Waals surface area contributed by atoms with E-state index in [1.54, 1.807) is 6.20 Å². The van der Waals surface area contributed by atoms with E-state index in [1.807, 2.05) is 32.9 Å². The van der Waals surface area contributed by atoms with Crippen molar-refractivity contribution in [2.75, 3.05) is 0 Å². The summed E-state index contributed by atoms with van der Waals surface area (Å²) in [5, 5.41) is 13.1. The lowest BCUT2D eigenvalue weighted by molar-refractivity contribution is -0.139. The molecule has 2 aromatic rings. The van der Waals surface area contributed by atoms with Crippen LogP contribution in [0.15, 0.2) is 22.9 Å². The normalized spacial score (nSPS) is 23.6. The first-order chi connectivity index (χ1) is 9.43. The van der Waals surface area contributed by atoms with Gasteiger partial charge in [-0.1, -0.05) is 25.1 Å². The highest BCUT2D eigenvalue weighted by Gasteiger charge is 2.65. The quantitative estimate of drug-likeness (QED) is 0.922. The molecule has 1 fully saturated rings.